The van der Waals surface area contributed by atoms with Gasteiger partial charge in [0.2, 0.25) is 21.0 Å². The Kier molecular flexibility index (Phi) is 2.60. The van der Waals surface area contributed by atoms with Crippen LogP contribution in [-0.4, -0.2) is 23.7 Å². The third-order valence-electron chi connectivity index (χ3n) is 0.809. The molecule has 1 atom stereocenters. The molecule has 0 amide bonds. The van der Waals surface area contributed by atoms with Gasteiger partial charge < -0.3 is 9.97 Å². The molecule has 60 valence electrons. The molecule has 3 N–H and O–H groups in total. The summed E-state index contributed by atoms with van der Waals surface area (Å²) in [4.78, 5) is 8.38. The molecule has 5 nitrogen and oxygen atoms in total. The predicted octanol–water partition coefficient (Wildman–Crippen LogP) is 0.777. The van der Waals surface area contributed by atoms with Gasteiger partial charge >= 0.3 is 0 Å². The lowest BCUT2D eigenvalue weighted by atomic mass is 11.1. The Bertz CT molecular complexity index is 365. The quantitative estimate of drug-likeness (QED) is 0.470. The van der Waals surface area contributed by atoms with Crippen LogP contribution in [0.15, 0.2) is 5.16 Å². The van der Waals surface area contributed by atoms with Crippen molar-refractivity contribution in [2.45, 2.75) is 5.16 Å². The van der Waals surface area contributed by atoms with E-state index in [2.05, 4.69) is 39.4 Å². The van der Waals surface area contributed by atoms with Gasteiger partial charge in [0.05, 0.1) is 0 Å². The van der Waals surface area contributed by atoms with Gasteiger partial charge in [0.1, 0.15) is 0 Å². The summed E-state index contributed by atoms with van der Waals surface area (Å²) in [7, 11) is 0. The van der Waals surface area contributed by atoms with Crippen molar-refractivity contribution in [1.82, 2.24) is 15.0 Å². The highest BCUT2D eigenvalue weighted by Crippen LogP contribution is 1.92. The van der Waals surface area contributed by atoms with E-state index in [0.717, 1.165) is 0 Å². The van der Waals surface area contributed by atoms with Crippen LogP contribution in [0.2, 0.25) is 0 Å². The van der Waals surface area contributed by atoms with Crippen LogP contribution in [0.25, 0.3) is 0 Å². The fourth-order valence-electron chi connectivity index (χ4n) is 0.456. The second-order valence-electron chi connectivity index (χ2n) is 1.55. The van der Waals surface area contributed by atoms with Crippen LogP contribution in [0.5, 0.6) is 0 Å². The summed E-state index contributed by atoms with van der Waals surface area (Å²) >= 11 is 7.08. The largest absolute Gasteiger partial charge is 0.308 e. The second kappa shape index (κ2) is 3.30. The van der Waals surface area contributed by atoms with Crippen molar-refractivity contribution in [2.75, 3.05) is 0 Å². The molecule has 0 aliphatic carbocycles. The zero-order chi connectivity index (χ0) is 8.43. The minimum absolute atomic E-state index is 0.0890. The van der Waals surface area contributed by atoms with Crippen molar-refractivity contribution in [3.05, 3.63) is 9.54 Å². The van der Waals surface area contributed by atoms with Crippen molar-refractivity contribution in [1.29, 1.82) is 0 Å². The van der Waals surface area contributed by atoms with Gasteiger partial charge in [-0.05, 0) is 24.4 Å². The van der Waals surface area contributed by atoms with Crippen LogP contribution in [0.1, 0.15) is 0 Å². The maximum Gasteiger partial charge on any atom is 0.229 e. The molecular weight excluding hydrogens is 206 g/mol. The van der Waals surface area contributed by atoms with E-state index in [9.17, 15) is 4.21 Å². The smallest absolute Gasteiger partial charge is 0.229 e. The number of hydrogen-bond acceptors (Lipinski definition) is 4. The van der Waals surface area contributed by atoms with Gasteiger partial charge in [0.15, 0.2) is 4.77 Å². The molecule has 1 aromatic rings. The zero-order valence-corrected chi connectivity index (χ0v) is 7.48. The normalized spacial score (nSPS) is 12.8. The minimum atomic E-state index is -2.17. The first-order valence-corrected chi connectivity index (χ1v) is 4.33. The van der Waals surface area contributed by atoms with E-state index in [1.165, 1.54) is 0 Å². The standard InChI is InChI=1S/C3H3N3O2S3/c7-11(8)3-5-1(9)4-2(10)6-3/h(H,7,8)(H2,4,5,6,9,10). The number of H-pyrrole nitrogens is 2. The molecule has 0 bridgehead atoms. The lowest BCUT2D eigenvalue weighted by Gasteiger charge is -1.91. The van der Waals surface area contributed by atoms with E-state index in [1.54, 1.807) is 0 Å². The molecule has 0 radical (unpaired) electrons. The van der Waals surface area contributed by atoms with Crippen molar-refractivity contribution < 1.29 is 8.76 Å². The van der Waals surface area contributed by atoms with E-state index >= 15 is 0 Å². The Labute approximate surface area is 74.2 Å². The summed E-state index contributed by atoms with van der Waals surface area (Å²) in [6.45, 7) is 0. The Morgan fingerprint density at radius 2 is 2.09 bits per heavy atom. The highest BCUT2D eigenvalue weighted by molar-refractivity contribution is 7.79. The summed E-state index contributed by atoms with van der Waals surface area (Å²) in [5.74, 6) is 0. The van der Waals surface area contributed by atoms with Crippen LogP contribution in [0, 0.1) is 9.54 Å². The fraction of sp³-hybridized carbons (Fsp3) is 0. The third-order valence-corrected chi connectivity index (χ3v) is 1.73. The maximum absolute atomic E-state index is 10.4. The van der Waals surface area contributed by atoms with Gasteiger partial charge in [0.25, 0.3) is 0 Å². The van der Waals surface area contributed by atoms with Gasteiger partial charge in [-0.3, -0.25) is 4.55 Å². The summed E-state index contributed by atoms with van der Waals surface area (Å²) in [5, 5.41) is -0.140. The molecule has 0 aromatic carbocycles. The molecule has 11 heavy (non-hydrogen) atoms. The van der Waals surface area contributed by atoms with E-state index in [1.807, 2.05) is 0 Å². The Morgan fingerprint density at radius 3 is 2.55 bits per heavy atom. The molecule has 0 saturated carbocycles. The van der Waals surface area contributed by atoms with Gasteiger partial charge in [0, 0.05) is 0 Å². The monoisotopic (exact) mass is 209 g/mol. The summed E-state index contributed by atoms with van der Waals surface area (Å²) in [6, 6.07) is 0. The summed E-state index contributed by atoms with van der Waals surface area (Å²) in [6.07, 6.45) is 0. The van der Waals surface area contributed by atoms with Crippen molar-refractivity contribution in [3.8, 4) is 0 Å². The topological polar surface area (TPSA) is 81.8 Å². The molecule has 0 fully saturated rings. The second-order valence-corrected chi connectivity index (χ2v) is 3.23. The average Bonchev–Trinajstić information content (AvgIpc) is 1.85. The Balaban J connectivity index is 3.42. The number of aromatic nitrogens is 3. The summed E-state index contributed by atoms with van der Waals surface area (Å²) < 4.78 is 19.2. The average molecular weight is 209 g/mol. The van der Waals surface area contributed by atoms with E-state index in [-0.39, 0.29) is 14.7 Å². The highest BCUT2D eigenvalue weighted by atomic mass is 32.2. The minimum Gasteiger partial charge on any atom is -0.308 e. The molecule has 0 aliphatic rings. The van der Waals surface area contributed by atoms with Gasteiger partial charge in [-0.1, -0.05) is 0 Å². The Morgan fingerprint density at radius 1 is 1.45 bits per heavy atom. The SMILES string of the molecule is O=S(O)c1nc(=S)[nH]c(=S)[nH]1. The van der Waals surface area contributed by atoms with E-state index < -0.39 is 11.1 Å². The van der Waals surface area contributed by atoms with Gasteiger partial charge in [-0.2, -0.15) is 4.98 Å². The first-order chi connectivity index (χ1) is 5.09. The molecule has 1 heterocycles. The molecular formula is C3H3N3O2S3. The molecule has 0 spiro atoms. The molecule has 1 unspecified atom stereocenters. The van der Waals surface area contributed by atoms with E-state index in [4.69, 9.17) is 4.55 Å². The van der Waals surface area contributed by atoms with Gasteiger partial charge in [-0.15, -0.1) is 0 Å². The van der Waals surface area contributed by atoms with Gasteiger partial charge in [-0.25, -0.2) is 4.21 Å². The number of hydrogen-bond donors (Lipinski definition) is 3. The maximum atomic E-state index is 10.4. The number of nitrogens with zero attached hydrogens (tertiary/aromatic N) is 1. The van der Waals surface area contributed by atoms with Crippen LogP contribution in [-0.2, 0) is 11.1 Å². The van der Waals surface area contributed by atoms with Crippen LogP contribution < -0.4 is 0 Å². The molecule has 8 heteroatoms. The molecule has 0 saturated heterocycles. The van der Waals surface area contributed by atoms with Crippen LogP contribution >= 0.6 is 24.4 Å². The first-order valence-electron chi connectivity index (χ1n) is 2.41. The third kappa shape index (κ3) is 2.26. The highest BCUT2D eigenvalue weighted by Gasteiger charge is 2.00. The van der Waals surface area contributed by atoms with E-state index in [0.29, 0.717) is 0 Å². The number of nitrogens with one attached hydrogen (secondary N) is 2. The Hall–Kier alpha value is -0.440. The predicted molar refractivity (Wildman–Crippen MR) is 43.6 cm³/mol. The number of aromatic amines is 2. The lowest BCUT2D eigenvalue weighted by molar-refractivity contribution is 0.553. The number of rotatable bonds is 1. The summed E-state index contributed by atoms with van der Waals surface area (Å²) in [5.41, 5.74) is 0. The van der Waals surface area contributed by atoms with Crippen LogP contribution in [0.3, 0.4) is 0 Å². The first kappa shape index (κ1) is 8.65. The van der Waals surface area contributed by atoms with Crippen molar-refractivity contribution >= 4 is 35.5 Å². The fourth-order valence-corrected chi connectivity index (χ4v) is 1.39. The van der Waals surface area contributed by atoms with Crippen LogP contribution in [0.4, 0.5) is 0 Å². The molecule has 1 aromatic heterocycles. The lowest BCUT2D eigenvalue weighted by Crippen LogP contribution is -1.99. The molecule has 0 aliphatic heterocycles. The van der Waals surface area contributed by atoms with Crippen molar-refractivity contribution in [2.24, 2.45) is 0 Å². The van der Waals surface area contributed by atoms with Crippen molar-refractivity contribution in [3.63, 3.8) is 0 Å². The molecule has 1 rings (SSSR count). The zero-order valence-electron chi connectivity index (χ0n) is 5.03.